The summed E-state index contributed by atoms with van der Waals surface area (Å²) in [6, 6.07) is 0. The zero-order chi connectivity index (χ0) is 19.5. The molecule has 0 spiro atoms. The second kappa shape index (κ2) is 19.2. The van der Waals surface area contributed by atoms with E-state index in [0.717, 1.165) is 6.42 Å². The van der Waals surface area contributed by atoms with Crippen molar-refractivity contribution < 1.29 is 10.2 Å². The molecule has 26 heavy (non-hydrogen) atoms. The molecule has 0 heterocycles. The summed E-state index contributed by atoms with van der Waals surface area (Å²) in [5.41, 5.74) is 0. The number of aliphatic hydroxyl groups is 2. The van der Waals surface area contributed by atoms with Gasteiger partial charge in [0, 0.05) is 6.20 Å². The van der Waals surface area contributed by atoms with Crippen LogP contribution in [0.5, 0.6) is 0 Å². The predicted octanol–water partition coefficient (Wildman–Crippen LogP) is 6.74. The number of allylic oxidation sites excluding steroid dienone is 1. The molecule has 0 aliphatic carbocycles. The van der Waals surface area contributed by atoms with Crippen molar-refractivity contribution in [2.75, 3.05) is 0 Å². The van der Waals surface area contributed by atoms with Gasteiger partial charge in [-0.25, -0.2) is 0 Å². The summed E-state index contributed by atoms with van der Waals surface area (Å²) in [5.74, 6) is 0. The largest absolute Gasteiger partial charge is 0.374 e. The van der Waals surface area contributed by atoms with Crippen molar-refractivity contribution in [1.82, 2.24) is 4.90 Å². The van der Waals surface area contributed by atoms with Crippen molar-refractivity contribution in [1.29, 1.82) is 0 Å². The first-order chi connectivity index (χ1) is 12.7. The number of hydrogen-bond acceptors (Lipinski definition) is 3. The predicted molar refractivity (Wildman–Crippen MR) is 114 cm³/mol. The lowest BCUT2D eigenvalue weighted by atomic mass is 10.0. The normalized spacial score (nSPS) is 14.0. The van der Waals surface area contributed by atoms with Gasteiger partial charge in [0.1, 0.15) is 12.5 Å². The number of aliphatic hydroxyl groups excluding tert-OH is 2. The molecule has 0 rings (SSSR count). The summed E-state index contributed by atoms with van der Waals surface area (Å²) in [7, 11) is 0. The molecule has 2 N–H and O–H groups in total. The highest BCUT2D eigenvalue weighted by Gasteiger charge is 2.16. The second-order valence-electron chi connectivity index (χ2n) is 7.64. The molecule has 0 bridgehead atoms. The van der Waals surface area contributed by atoms with Crippen LogP contribution in [0.3, 0.4) is 0 Å². The van der Waals surface area contributed by atoms with E-state index in [2.05, 4.69) is 13.0 Å². The van der Waals surface area contributed by atoms with E-state index in [-0.39, 0.29) is 0 Å². The molecule has 0 aromatic rings. The highest BCUT2D eigenvalue weighted by Crippen LogP contribution is 2.14. The Morgan fingerprint density at radius 2 is 1.00 bits per heavy atom. The quantitative estimate of drug-likeness (QED) is 0.196. The summed E-state index contributed by atoms with van der Waals surface area (Å²) < 4.78 is 0. The minimum atomic E-state index is -0.590. The Balaban J connectivity index is 3.49. The van der Waals surface area contributed by atoms with Crippen molar-refractivity contribution in [3.63, 3.8) is 0 Å². The first-order valence-corrected chi connectivity index (χ1v) is 11.5. The van der Waals surface area contributed by atoms with Crippen LogP contribution >= 0.6 is 0 Å². The van der Waals surface area contributed by atoms with Crippen LogP contribution in [0.1, 0.15) is 124 Å². The van der Waals surface area contributed by atoms with Crippen LogP contribution in [-0.2, 0) is 0 Å². The lowest BCUT2D eigenvalue weighted by Gasteiger charge is -2.30. The molecular weight excluding hydrogens is 322 g/mol. The molecule has 0 radical (unpaired) electrons. The zero-order valence-corrected chi connectivity index (χ0v) is 18.0. The molecule has 0 aromatic heterocycles. The van der Waals surface area contributed by atoms with E-state index in [0.29, 0.717) is 12.8 Å². The molecular formula is C23H47NO2. The average molecular weight is 370 g/mol. The molecule has 0 saturated heterocycles. The molecule has 3 heteroatoms. The third-order valence-electron chi connectivity index (χ3n) is 5.17. The molecule has 0 saturated carbocycles. The SMILES string of the molecule is CCCCCCCCCCCCCCCC=CN(C(O)CC)C(O)CC. The van der Waals surface area contributed by atoms with Crippen molar-refractivity contribution in [3.8, 4) is 0 Å². The van der Waals surface area contributed by atoms with Gasteiger partial charge in [0.2, 0.25) is 0 Å². The Kier molecular flexibility index (Phi) is 18.8. The minimum absolute atomic E-state index is 0.590. The minimum Gasteiger partial charge on any atom is -0.374 e. The maximum absolute atomic E-state index is 9.95. The lowest BCUT2D eigenvalue weighted by molar-refractivity contribution is -0.0725. The van der Waals surface area contributed by atoms with Gasteiger partial charge >= 0.3 is 0 Å². The third kappa shape index (κ3) is 14.6. The first-order valence-electron chi connectivity index (χ1n) is 11.5. The fraction of sp³-hybridized carbons (Fsp3) is 0.913. The fourth-order valence-electron chi connectivity index (χ4n) is 3.30. The standard InChI is InChI=1S/C23H47NO2/c1-4-7-8-9-10-11-12-13-14-15-16-17-18-19-20-21-24(22(25)5-2)23(26)6-3/h20-23,25-26H,4-19H2,1-3H3. The summed E-state index contributed by atoms with van der Waals surface area (Å²) in [5, 5.41) is 19.9. The fourth-order valence-corrected chi connectivity index (χ4v) is 3.30. The van der Waals surface area contributed by atoms with E-state index >= 15 is 0 Å². The zero-order valence-electron chi connectivity index (χ0n) is 18.0. The van der Waals surface area contributed by atoms with Crippen LogP contribution in [0.25, 0.3) is 0 Å². The Labute approximate surface area is 163 Å². The van der Waals surface area contributed by atoms with Gasteiger partial charge in [-0.2, -0.15) is 0 Å². The van der Waals surface area contributed by atoms with E-state index in [1.165, 1.54) is 83.5 Å². The topological polar surface area (TPSA) is 43.7 Å². The van der Waals surface area contributed by atoms with Crippen molar-refractivity contribution in [3.05, 3.63) is 12.3 Å². The summed E-state index contributed by atoms with van der Waals surface area (Å²) >= 11 is 0. The molecule has 2 unspecified atom stereocenters. The van der Waals surface area contributed by atoms with Gasteiger partial charge in [-0.1, -0.05) is 104 Å². The van der Waals surface area contributed by atoms with E-state index < -0.39 is 12.5 Å². The number of rotatable bonds is 19. The van der Waals surface area contributed by atoms with E-state index in [4.69, 9.17) is 0 Å². The molecule has 0 aliphatic rings. The first kappa shape index (κ1) is 25.5. The second-order valence-corrected chi connectivity index (χ2v) is 7.64. The number of hydrogen-bond donors (Lipinski definition) is 2. The lowest BCUT2D eigenvalue weighted by Crippen LogP contribution is -2.38. The van der Waals surface area contributed by atoms with Crippen LogP contribution in [0.2, 0.25) is 0 Å². The Bertz CT molecular complexity index is 297. The van der Waals surface area contributed by atoms with E-state index in [1.54, 1.807) is 4.90 Å². The van der Waals surface area contributed by atoms with Crippen LogP contribution < -0.4 is 0 Å². The van der Waals surface area contributed by atoms with Crippen LogP contribution in [0.15, 0.2) is 12.3 Å². The molecule has 0 amide bonds. The van der Waals surface area contributed by atoms with E-state index in [9.17, 15) is 10.2 Å². The van der Waals surface area contributed by atoms with Gasteiger partial charge in [0.05, 0.1) is 0 Å². The Morgan fingerprint density at radius 3 is 1.38 bits per heavy atom. The molecule has 3 nitrogen and oxygen atoms in total. The molecule has 2 atom stereocenters. The van der Waals surface area contributed by atoms with Crippen molar-refractivity contribution in [2.45, 2.75) is 136 Å². The summed E-state index contributed by atoms with van der Waals surface area (Å²) in [4.78, 5) is 1.67. The number of nitrogens with zero attached hydrogens (tertiary/aromatic N) is 1. The molecule has 156 valence electrons. The molecule has 0 aromatic carbocycles. The highest BCUT2D eigenvalue weighted by atomic mass is 16.3. The third-order valence-corrected chi connectivity index (χ3v) is 5.17. The van der Waals surface area contributed by atoms with Gasteiger partial charge in [-0.3, -0.25) is 0 Å². The van der Waals surface area contributed by atoms with Crippen LogP contribution in [0, 0.1) is 0 Å². The average Bonchev–Trinajstić information content (AvgIpc) is 2.66. The van der Waals surface area contributed by atoms with Gasteiger partial charge in [0.25, 0.3) is 0 Å². The van der Waals surface area contributed by atoms with Gasteiger partial charge in [0.15, 0.2) is 0 Å². The number of unbranched alkanes of at least 4 members (excludes halogenated alkanes) is 13. The summed E-state index contributed by atoms with van der Waals surface area (Å²) in [6.45, 7) is 6.14. The van der Waals surface area contributed by atoms with E-state index in [1.807, 2.05) is 20.0 Å². The van der Waals surface area contributed by atoms with Gasteiger partial charge in [-0.15, -0.1) is 0 Å². The van der Waals surface area contributed by atoms with Gasteiger partial charge < -0.3 is 15.1 Å². The Hall–Kier alpha value is -0.540. The maximum atomic E-state index is 9.95. The summed E-state index contributed by atoms with van der Waals surface area (Å²) in [6.07, 6.45) is 23.0. The van der Waals surface area contributed by atoms with Crippen molar-refractivity contribution in [2.24, 2.45) is 0 Å². The monoisotopic (exact) mass is 369 g/mol. The molecule has 0 fully saturated rings. The van der Waals surface area contributed by atoms with Crippen molar-refractivity contribution >= 4 is 0 Å². The van der Waals surface area contributed by atoms with Crippen LogP contribution in [-0.4, -0.2) is 27.6 Å². The maximum Gasteiger partial charge on any atom is 0.128 e. The smallest absolute Gasteiger partial charge is 0.128 e. The Morgan fingerprint density at radius 1 is 0.615 bits per heavy atom. The highest BCUT2D eigenvalue weighted by molar-refractivity contribution is 4.85. The van der Waals surface area contributed by atoms with Gasteiger partial charge in [-0.05, 0) is 25.7 Å². The van der Waals surface area contributed by atoms with Crippen LogP contribution in [0.4, 0.5) is 0 Å². The molecule has 0 aliphatic heterocycles.